The number of fused-ring (bicyclic) bond motifs is 1. The van der Waals surface area contributed by atoms with Crippen LogP contribution >= 0.6 is 22.9 Å². The lowest BCUT2D eigenvalue weighted by atomic mass is 10.1. The number of rotatable bonds is 8. The number of esters is 1. The number of halogens is 1. The minimum absolute atomic E-state index is 0.0484. The third kappa shape index (κ3) is 6.17. The van der Waals surface area contributed by atoms with E-state index in [-0.39, 0.29) is 36.2 Å². The number of hydrogen-bond acceptors (Lipinski definition) is 7. The van der Waals surface area contributed by atoms with Gasteiger partial charge in [0.2, 0.25) is 0 Å². The number of thiophene rings is 1. The summed E-state index contributed by atoms with van der Waals surface area (Å²) in [6.07, 6.45) is 1.55. The zero-order chi connectivity index (χ0) is 28.3. The maximum atomic E-state index is 13.5. The van der Waals surface area contributed by atoms with Crippen LogP contribution in [0.25, 0.3) is 10.1 Å². The molecule has 12 heteroatoms. The number of hydrogen-bond donors (Lipinski definition) is 1. The summed E-state index contributed by atoms with van der Waals surface area (Å²) in [6.45, 7) is 4.33. The number of sulfonamides is 1. The van der Waals surface area contributed by atoms with Crippen LogP contribution in [0, 0.1) is 5.41 Å². The minimum atomic E-state index is -3.87. The molecule has 1 N–H and O–H groups in total. The Bertz CT molecular complexity index is 1520. The lowest BCUT2D eigenvalue weighted by Crippen LogP contribution is -2.57. The van der Waals surface area contributed by atoms with Crippen LogP contribution in [0.4, 0.5) is 0 Å². The molecule has 1 aromatic heterocycles. The van der Waals surface area contributed by atoms with E-state index in [0.29, 0.717) is 28.5 Å². The molecule has 1 aliphatic rings. The van der Waals surface area contributed by atoms with E-state index in [4.69, 9.17) is 21.7 Å². The Morgan fingerprint density at radius 3 is 2.54 bits per heavy atom. The number of carbonyl (C=O) groups excluding carboxylic acids is 2. The normalized spacial score (nSPS) is 16.2. The van der Waals surface area contributed by atoms with Crippen LogP contribution in [0.3, 0.4) is 0 Å². The van der Waals surface area contributed by atoms with Gasteiger partial charge >= 0.3 is 5.97 Å². The van der Waals surface area contributed by atoms with Crippen LogP contribution in [0.15, 0.2) is 65.4 Å². The third-order valence-electron chi connectivity index (χ3n) is 6.58. The van der Waals surface area contributed by atoms with Crippen molar-refractivity contribution in [2.45, 2.75) is 16.7 Å². The molecule has 1 atom stereocenters. The summed E-state index contributed by atoms with van der Waals surface area (Å²) in [5, 5.41) is 9.60. The molecule has 1 aliphatic heterocycles. The van der Waals surface area contributed by atoms with Gasteiger partial charge in [-0.05, 0) is 35.7 Å². The molecule has 1 unspecified atom stereocenters. The standard InChI is InChI=1S/C27H29ClN4O5S2/c1-4-11-30(2)26(29)18-5-7-19(8-6-18)27(34)32-13-12-31(17-22(32)16-24(33)37-3)39(35,36)25-14-20-9-10-21(28)15-23(20)38-25/h4-10,14-15,22,29H,1,11-13,16-17H2,2-3H3. The molecular weight excluding hydrogens is 560 g/mol. The van der Waals surface area contributed by atoms with E-state index in [2.05, 4.69) is 6.58 Å². The molecule has 1 fully saturated rings. The molecule has 206 valence electrons. The lowest BCUT2D eigenvalue weighted by Gasteiger charge is -2.40. The van der Waals surface area contributed by atoms with Crippen LogP contribution < -0.4 is 0 Å². The fourth-order valence-corrected chi connectivity index (χ4v) is 7.74. The van der Waals surface area contributed by atoms with Crippen molar-refractivity contribution in [2.24, 2.45) is 0 Å². The van der Waals surface area contributed by atoms with E-state index in [9.17, 15) is 18.0 Å². The largest absolute Gasteiger partial charge is 0.469 e. The van der Waals surface area contributed by atoms with Crippen molar-refractivity contribution >= 4 is 60.8 Å². The Hall–Kier alpha value is -3.25. The number of amidine groups is 1. The first-order chi connectivity index (χ1) is 18.5. The molecule has 2 heterocycles. The van der Waals surface area contributed by atoms with E-state index in [0.717, 1.165) is 21.4 Å². The summed E-state index contributed by atoms with van der Waals surface area (Å²) in [6, 6.07) is 12.8. The van der Waals surface area contributed by atoms with Crippen LogP contribution in [0.2, 0.25) is 5.02 Å². The molecule has 0 spiro atoms. The van der Waals surface area contributed by atoms with Crippen LogP contribution in [0.1, 0.15) is 22.3 Å². The SMILES string of the molecule is C=CCN(C)C(=N)c1ccc(C(=O)N2CCN(S(=O)(=O)c3cc4ccc(Cl)cc4s3)CC2CC(=O)OC)cc1. The maximum Gasteiger partial charge on any atom is 0.307 e. The molecule has 4 rings (SSSR count). The average Bonchev–Trinajstić information content (AvgIpc) is 3.36. The molecule has 1 amide bonds. The predicted molar refractivity (Wildman–Crippen MR) is 153 cm³/mol. The van der Waals surface area contributed by atoms with Crippen LogP contribution in [0.5, 0.6) is 0 Å². The monoisotopic (exact) mass is 588 g/mol. The Labute approximate surface area is 236 Å². The quantitative estimate of drug-likeness (QED) is 0.184. The van der Waals surface area contributed by atoms with Gasteiger partial charge in [0, 0.05) is 54.1 Å². The Kier molecular flexibility index (Phi) is 8.75. The summed E-state index contributed by atoms with van der Waals surface area (Å²) < 4.78 is 34.2. The molecule has 9 nitrogen and oxygen atoms in total. The van der Waals surface area contributed by atoms with Gasteiger partial charge in [0.25, 0.3) is 15.9 Å². The Morgan fingerprint density at radius 2 is 1.87 bits per heavy atom. The van der Waals surface area contributed by atoms with Crippen molar-refractivity contribution in [2.75, 3.05) is 40.3 Å². The predicted octanol–water partition coefficient (Wildman–Crippen LogP) is 4.08. The number of nitrogens with one attached hydrogen (secondary N) is 1. The van der Waals surface area contributed by atoms with Gasteiger partial charge < -0.3 is 14.5 Å². The summed E-state index contributed by atoms with van der Waals surface area (Å²) in [4.78, 5) is 29.0. The topological polar surface area (TPSA) is 111 Å². The molecule has 2 aromatic carbocycles. The van der Waals surface area contributed by atoms with Gasteiger partial charge in [0.15, 0.2) is 0 Å². The first-order valence-electron chi connectivity index (χ1n) is 12.1. The highest BCUT2D eigenvalue weighted by molar-refractivity contribution is 7.91. The van der Waals surface area contributed by atoms with Gasteiger partial charge in [-0.25, -0.2) is 8.42 Å². The summed E-state index contributed by atoms with van der Waals surface area (Å²) in [5.41, 5.74) is 1.02. The summed E-state index contributed by atoms with van der Waals surface area (Å²) in [7, 11) is -0.836. The van der Waals surface area contributed by atoms with Crippen molar-refractivity contribution in [3.8, 4) is 0 Å². The number of piperazine rings is 1. The Balaban J connectivity index is 1.56. The zero-order valence-electron chi connectivity index (χ0n) is 21.6. The highest BCUT2D eigenvalue weighted by Gasteiger charge is 2.38. The fourth-order valence-electron chi connectivity index (χ4n) is 4.44. The first kappa shape index (κ1) is 28.8. The summed E-state index contributed by atoms with van der Waals surface area (Å²) in [5.74, 6) is -0.572. The highest BCUT2D eigenvalue weighted by Crippen LogP contribution is 2.33. The van der Waals surface area contributed by atoms with E-state index in [1.165, 1.54) is 16.3 Å². The zero-order valence-corrected chi connectivity index (χ0v) is 24.0. The maximum absolute atomic E-state index is 13.5. The number of likely N-dealkylation sites (N-methyl/N-ethyl adjacent to an activating group) is 1. The van der Waals surface area contributed by atoms with Crippen LogP contribution in [-0.2, 0) is 19.6 Å². The molecule has 0 radical (unpaired) electrons. The number of amides is 1. The van der Waals surface area contributed by atoms with Gasteiger partial charge in [-0.2, -0.15) is 4.31 Å². The average molecular weight is 589 g/mol. The molecule has 39 heavy (non-hydrogen) atoms. The second-order valence-electron chi connectivity index (χ2n) is 9.14. The molecular formula is C27H29ClN4O5S2. The van der Waals surface area contributed by atoms with Crippen molar-refractivity contribution in [1.29, 1.82) is 5.41 Å². The molecule has 0 aliphatic carbocycles. The van der Waals surface area contributed by atoms with Gasteiger partial charge in [0.1, 0.15) is 10.0 Å². The third-order valence-corrected chi connectivity index (χ3v) is 10.2. The number of ether oxygens (including phenoxy) is 1. The second kappa shape index (κ2) is 11.9. The van der Waals surface area contributed by atoms with Crippen LogP contribution in [-0.4, -0.2) is 86.6 Å². The minimum Gasteiger partial charge on any atom is -0.469 e. The van der Waals surface area contributed by atoms with Gasteiger partial charge in [-0.3, -0.25) is 15.0 Å². The Morgan fingerprint density at radius 1 is 1.18 bits per heavy atom. The number of carbonyl (C=O) groups is 2. The van der Waals surface area contributed by atoms with E-state index in [1.54, 1.807) is 66.6 Å². The number of benzene rings is 2. The van der Waals surface area contributed by atoms with Gasteiger partial charge in [-0.1, -0.05) is 35.9 Å². The lowest BCUT2D eigenvalue weighted by molar-refractivity contribution is -0.142. The highest BCUT2D eigenvalue weighted by atomic mass is 35.5. The van der Waals surface area contributed by atoms with E-state index in [1.807, 2.05) is 0 Å². The first-order valence-corrected chi connectivity index (χ1v) is 14.8. The molecule has 3 aromatic rings. The summed E-state index contributed by atoms with van der Waals surface area (Å²) >= 11 is 7.20. The number of nitrogens with zero attached hydrogens (tertiary/aromatic N) is 3. The van der Waals surface area contributed by atoms with E-state index < -0.39 is 22.0 Å². The molecule has 1 saturated heterocycles. The number of methoxy groups -OCH3 is 1. The smallest absolute Gasteiger partial charge is 0.307 e. The molecule has 0 bridgehead atoms. The van der Waals surface area contributed by atoms with Crippen molar-refractivity contribution in [3.05, 3.63) is 77.3 Å². The second-order valence-corrected chi connectivity index (χ2v) is 12.8. The van der Waals surface area contributed by atoms with Gasteiger partial charge in [-0.15, -0.1) is 17.9 Å². The van der Waals surface area contributed by atoms with Crippen molar-refractivity contribution in [3.63, 3.8) is 0 Å². The van der Waals surface area contributed by atoms with E-state index >= 15 is 0 Å². The fraction of sp³-hybridized carbons (Fsp3) is 0.296. The molecule has 0 saturated carbocycles. The van der Waals surface area contributed by atoms with Crippen molar-refractivity contribution in [1.82, 2.24) is 14.1 Å². The van der Waals surface area contributed by atoms with Crippen molar-refractivity contribution < 1.29 is 22.7 Å². The van der Waals surface area contributed by atoms with Gasteiger partial charge in [0.05, 0.1) is 19.6 Å².